The molecule has 3 aromatic rings. The van der Waals surface area contributed by atoms with Gasteiger partial charge in [0.1, 0.15) is 11.3 Å². The van der Waals surface area contributed by atoms with Crippen molar-refractivity contribution in [2.45, 2.75) is 6.42 Å². The lowest BCUT2D eigenvalue weighted by atomic mass is 10.1. The van der Waals surface area contributed by atoms with Crippen LogP contribution in [0.2, 0.25) is 0 Å². The summed E-state index contributed by atoms with van der Waals surface area (Å²) in [6, 6.07) is 13.0. The van der Waals surface area contributed by atoms with Gasteiger partial charge in [-0.3, -0.25) is 0 Å². The first kappa shape index (κ1) is 13.6. The van der Waals surface area contributed by atoms with Gasteiger partial charge in [-0.15, -0.1) is 0 Å². The van der Waals surface area contributed by atoms with Crippen LogP contribution in [0.15, 0.2) is 51.7 Å². The second-order valence-electron chi connectivity index (χ2n) is 4.87. The van der Waals surface area contributed by atoms with Crippen LogP contribution in [0.5, 0.6) is 5.75 Å². The van der Waals surface area contributed by atoms with Gasteiger partial charge in [0, 0.05) is 5.39 Å². The molecule has 0 saturated heterocycles. The highest BCUT2D eigenvalue weighted by molar-refractivity contribution is 6.07. The molecule has 0 aliphatic rings. The molecule has 0 aliphatic carbocycles. The Morgan fingerprint density at radius 3 is 2.71 bits per heavy atom. The molecule has 0 aliphatic heterocycles. The molecule has 3 rings (SSSR count). The van der Waals surface area contributed by atoms with Gasteiger partial charge in [-0.05, 0) is 38.2 Å². The number of hydrogen-bond donors (Lipinski definition) is 1. The van der Waals surface area contributed by atoms with Crippen molar-refractivity contribution < 1.29 is 9.15 Å². The third-order valence-electron chi connectivity index (χ3n) is 3.44. The Labute approximate surface area is 122 Å². The molecule has 1 N–H and O–H groups in total. The van der Waals surface area contributed by atoms with Gasteiger partial charge in [0.25, 0.3) is 0 Å². The Hall–Kier alpha value is -2.33. The molecular weight excluding hydrogens is 266 g/mol. The number of ether oxygens (including phenoxy) is 1. The zero-order chi connectivity index (χ0) is 14.7. The molecule has 0 atom stereocenters. The molecule has 108 valence electrons. The van der Waals surface area contributed by atoms with Crippen molar-refractivity contribution in [3.63, 3.8) is 0 Å². The van der Waals surface area contributed by atoms with E-state index in [4.69, 9.17) is 9.15 Å². The number of benzene rings is 2. The van der Waals surface area contributed by atoms with E-state index in [9.17, 15) is 4.79 Å². The third-order valence-corrected chi connectivity index (χ3v) is 3.44. The highest BCUT2D eigenvalue weighted by atomic mass is 16.5. The average molecular weight is 283 g/mol. The fourth-order valence-corrected chi connectivity index (χ4v) is 2.45. The van der Waals surface area contributed by atoms with Crippen molar-refractivity contribution >= 4 is 21.7 Å². The van der Waals surface area contributed by atoms with Crippen LogP contribution >= 0.6 is 0 Å². The molecule has 0 fully saturated rings. The molecule has 1 aromatic heterocycles. The van der Waals surface area contributed by atoms with Crippen LogP contribution in [-0.4, -0.2) is 20.2 Å². The zero-order valence-corrected chi connectivity index (χ0v) is 11.9. The summed E-state index contributed by atoms with van der Waals surface area (Å²) in [6.07, 6.45) is 0.918. The van der Waals surface area contributed by atoms with E-state index in [2.05, 4.69) is 5.32 Å². The minimum Gasteiger partial charge on any atom is -0.493 e. The Bertz CT molecular complexity index is 823. The highest BCUT2D eigenvalue weighted by Crippen LogP contribution is 2.31. The topological polar surface area (TPSA) is 51.5 Å². The fraction of sp³-hybridized carbons (Fsp3) is 0.235. The summed E-state index contributed by atoms with van der Waals surface area (Å²) >= 11 is 0. The number of nitrogens with one attached hydrogen (secondary N) is 1. The minimum atomic E-state index is -0.314. The molecule has 0 unspecified atom stereocenters. The summed E-state index contributed by atoms with van der Waals surface area (Å²) in [5.41, 5.74) is 0.246. The van der Waals surface area contributed by atoms with Gasteiger partial charge in [0.15, 0.2) is 0 Å². The third kappa shape index (κ3) is 2.62. The van der Waals surface area contributed by atoms with Gasteiger partial charge in [-0.2, -0.15) is 0 Å². The van der Waals surface area contributed by atoms with Crippen molar-refractivity contribution in [3.05, 3.63) is 52.9 Å². The van der Waals surface area contributed by atoms with Crippen molar-refractivity contribution in [2.24, 2.45) is 0 Å². The summed E-state index contributed by atoms with van der Waals surface area (Å²) < 4.78 is 11.3. The molecule has 0 amide bonds. The van der Waals surface area contributed by atoms with Crippen molar-refractivity contribution in [1.29, 1.82) is 0 Å². The summed E-state index contributed by atoms with van der Waals surface area (Å²) in [5.74, 6) is 0.753. The second kappa shape index (κ2) is 5.97. The van der Waals surface area contributed by atoms with Gasteiger partial charge in [-0.1, -0.05) is 24.3 Å². The Morgan fingerprint density at radius 1 is 1.10 bits per heavy atom. The number of fused-ring (bicyclic) bond motifs is 3. The first-order valence-electron chi connectivity index (χ1n) is 7.03. The number of rotatable bonds is 5. The fourth-order valence-electron chi connectivity index (χ4n) is 2.45. The van der Waals surface area contributed by atoms with E-state index in [-0.39, 0.29) is 5.63 Å². The Kier molecular flexibility index (Phi) is 3.88. The minimum absolute atomic E-state index is 0.314. The summed E-state index contributed by atoms with van der Waals surface area (Å²) in [6.45, 7) is 1.52. The Balaban J connectivity index is 2.12. The quantitative estimate of drug-likeness (QED) is 0.444. The SMILES string of the molecule is CNCCCOc1cccc2oc(=O)c3ccccc3c12. The summed E-state index contributed by atoms with van der Waals surface area (Å²) in [7, 11) is 1.92. The van der Waals surface area contributed by atoms with Gasteiger partial charge in [0.2, 0.25) is 0 Å². The van der Waals surface area contributed by atoms with Crippen LogP contribution in [0.3, 0.4) is 0 Å². The highest BCUT2D eigenvalue weighted by Gasteiger charge is 2.11. The summed E-state index contributed by atoms with van der Waals surface area (Å²) in [4.78, 5) is 12.0. The molecular formula is C17H17NO3. The molecule has 0 saturated carbocycles. The van der Waals surface area contributed by atoms with Gasteiger partial charge >= 0.3 is 5.63 Å². The predicted molar refractivity (Wildman–Crippen MR) is 84.0 cm³/mol. The Morgan fingerprint density at radius 2 is 1.90 bits per heavy atom. The maximum Gasteiger partial charge on any atom is 0.344 e. The normalized spacial score (nSPS) is 11.1. The maximum absolute atomic E-state index is 12.0. The lowest BCUT2D eigenvalue weighted by Crippen LogP contribution is -2.11. The average Bonchev–Trinajstić information content (AvgIpc) is 2.52. The van der Waals surface area contributed by atoms with Crippen molar-refractivity contribution in [3.8, 4) is 5.75 Å². The standard InChI is InChI=1S/C17H17NO3/c1-18-10-5-11-20-14-8-4-9-15-16(14)12-6-2-3-7-13(12)17(19)21-15/h2-4,6-9,18H,5,10-11H2,1H3. The van der Waals surface area contributed by atoms with Gasteiger partial charge in [-0.25, -0.2) is 4.79 Å². The van der Waals surface area contributed by atoms with Crippen molar-refractivity contribution in [2.75, 3.05) is 20.2 Å². The molecule has 4 heteroatoms. The van der Waals surface area contributed by atoms with Crippen LogP contribution in [0, 0.1) is 0 Å². The van der Waals surface area contributed by atoms with E-state index in [0.717, 1.165) is 29.5 Å². The first-order valence-corrected chi connectivity index (χ1v) is 7.03. The van der Waals surface area contributed by atoms with Crippen LogP contribution in [0.4, 0.5) is 0 Å². The molecule has 4 nitrogen and oxygen atoms in total. The second-order valence-corrected chi connectivity index (χ2v) is 4.87. The van der Waals surface area contributed by atoms with E-state index in [0.29, 0.717) is 17.6 Å². The van der Waals surface area contributed by atoms with E-state index in [1.165, 1.54) is 0 Å². The van der Waals surface area contributed by atoms with Crippen LogP contribution in [0.1, 0.15) is 6.42 Å². The predicted octanol–water partition coefficient (Wildman–Crippen LogP) is 2.93. The van der Waals surface area contributed by atoms with Crippen LogP contribution in [0.25, 0.3) is 21.7 Å². The van der Waals surface area contributed by atoms with Crippen LogP contribution < -0.4 is 15.7 Å². The summed E-state index contributed by atoms with van der Waals surface area (Å²) in [5, 5.41) is 5.40. The first-order chi connectivity index (χ1) is 10.3. The zero-order valence-electron chi connectivity index (χ0n) is 11.9. The smallest absolute Gasteiger partial charge is 0.344 e. The van der Waals surface area contributed by atoms with E-state index < -0.39 is 0 Å². The monoisotopic (exact) mass is 283 g/mol. The molecule has 0 bridgehead atoms. The molecule has 1 heterocycles. The maximum atomic E-state index is 12.0. The van der Waals surface area contributed by atoms with E-state index >= 15 is 0 Å². The van der Waals surface area contributed by atoms with E-state index in [1.54, 1.807) is 12.1 Å². The molecule has 21 heavy (non-hydrogen) atoms. The van der Waals surface area contributed by atoms with Crippen molar-refractivity contribution in [1.82, 2.24) is 5.32 Å². The van der Waals surface area contributed by atoms with Gasteiger partial charge in [0.05, 0.1) is 17.4 Å². The lowest BCUT2D eigenvalue weighted by molar-refractivity contribution is 0.313. The van der Waals surface area contributed by atoms with Gasteiger partial charge < -0.3 is 14.5 Å². The van der Waals surface area contributed by atoms with Crippen LogP contribution in [-0.2, 0) is 0 Å². The lowest BCUT2D eigenvalue weighted by Gasteiger charge is -2.10. The largest absolute Gasteiger partial charge is 0.493 e. The molecule has 2 aromatic carbocycles. The van der Waals surface area contributed by atoms with E-state index in [1.807, 2.05) is 37.4 Å². The number of hydrogen-bond acceptors (Lipinski definition) is 4. The molecule has 0 radical (unpaired) electrons. The molecule has 0 spiro atoms.